The van der Waals surface area contributed by atoms with Gasteiger partial charge in [-0.15, -0.1) is 6.58 Å². The topological polar surface area (TPSA) is 113 Å². The van der Waals surface area contributed by atoms with Crippen LogP contribution in [0.2, 0.25) is 0 Å². The third kappa shape index (κ3) is 4.40. The van der Waals surface area contributed by atoms with Crippen LogP contribution in [0.5, 0.6) is 0 Å². The van der Waals surface area contributed by atoms with Crippen LogP contribution in [-0.2, 0) is 14.8 Å². The number of carboxylic acids is 1. The summed E-state index contributed by atoms with van der Waals surface area (Å²) in [6, 6.07) is 3.87. The molecule has 3 N–H and O–H groups in total. The van der Waals surface area contributed by atoms with Gasteiger partial charge in [-0.25, -0.2) is 8.42 Å². The van der Waals surface area contributed by atoms with Crippen LogP contribution in [0, 0.1) is 0 Å². The Morgan fingerprint density at radius 1 is 1.33 bits per heavy atom. The van der Waals surface area contributed by atoms with Crippen LogP contribution < -0.4 is 10.0 Å². The van der Waals surface area contributed by atoms with E-state index in [-0.39, 0.29) is 17.2 Å². The van der Waals surface area contributed by atoms with Gasteiger partial charge in [-0.05, 0) is 30.7 Å². The summed E-state index contributed by atoms with van der Waals surface area (Å²) in [4.78, 5) is 22.2. The molecule has 7 nitrogen and oxygen atoms in total. The lowest BCUT2D eigenvalue weighted by molar-refractivity contribution is -0.138. The van der Waals surface area contributed by atoms with Crippen molar-refractivity contribution >= 4 is 21.9 Å². The number of sulfonamides is 1. The summed E-state index contributed by atoms with van der Waals surface area (Å²) in [5.41, 5.74) is 0.303. The maximum absolute atomic E-state index is 12.1. The molecule has 0 bridgehead atoms. The monoisotopic (exact) mass is 312 g/mol. The lowest BCUT2D eigenvalue weighted by Gasteiger charge is -2.13. The predicted molar refractivity (Wildman–Crippen MR) is 76.4 cm³/mol. The zero-order valence-corrected chi connectivity index (χ0v) is 12.2. The number of carboxylic acid groups (broad SMARTS) is 1. The summed E-state index contributed by atoms with van der Waals surface area (Å²) >= 11 is 0. The number of amides is 1. The summed E-state index contributed by atoms with van der Waals surface area (Å²) in [5.74, 6) is -1.64. The van der Waals surface area contributed by atoms with Crippen molar-refractivity contribution in [3.63, 3.8) is 0 Å². The molecule has 0 aliphatic heterocycles. The van der Waals surface area contributed by atoms with E-state index in [0.717, 1.165) is 0 Å². The van der Waals surface area contributed by atoms with E-state index in [1.807, 2.05) is 0 Å². The van der Waals surface area contributed by atoms with Crippen LogP contribution in [0.1, 0.15) is 16.8 Å². The van der Waals surface area contributed by atoms with Crippen LogP contribution in [-0.4, -0.2) is 38.5 Å². The van der Waals surface area contributed by atoms with Crippen molar-refractivity contribution in [1.82, 2.24) is 10.0 Å². The Labute approximate surface area is 122 Å². The van der Waals surface area contributed by atoms with Crippen molar-refractivity contribution < 1.29 is 23.1 Å². The van der Waals surface area contributed by atoms with Crippen LogP contribution in [0.15, 0.2) is 41.8 Å². The molecule has 1 amide bonds. The third-order valence-corrected chi connectivity index (χ3v) is 4.14. The molecule has 0 spiro atoms. The van der Waals surface area contributed by atoms with Crippen LogP contribution in [0.25, 0.3) is 0 Å². The molecule has 1 unspecified atom stereocenters. The van der Waals surface area contributed by atoms with Gasteiger partial charge in [-0.2, -0.15) is 4.72 Å². The fraction of sp³-hybridized carbons (Fsp3) is 0.231. The molecule has 1 aromatic carbocycles. The van der Waals surface area contributed by atoms with E-state index in [1.54, 1.807) is 0 Å². The Morgan fingerprint density at radius 2 is 1.90 bits per heavy atom. The van der Waals surface area contributed by atoms with E-state index in [0.29, 0.717) is 5.56 Å². The van der Waals surface area contributed by atoms with E-state index in [9.17, 15) is 18.0 Å². The molecule has 0 heterocycles. The average Bonchev–Trinajstić information content (AvgIpc) is 2.45. The maximum atomic E-state index is 12.1. The summed E-state index contributed by atoms with van der Waals surface area (Å²) in [6.45, 7) is 3.38. The Kier molecular flexibility index (Phi) is 5.62. The van der Waals surface area contributed by atoms with E-state index in [2.05, 4.69) is 16.6 Å². The second-order valence-corrected chi connectivity index (χ2v) is 5.85. The van der Waals surface area contributed by atoms with Crippen molar-refractivity contribution in [1.29, 1.82) is 0 Å². The second kappa shape index (κ2) is 7.00. The highest BCUT2D eigenvalue weighted by Crippen LogP contribution is 2.12. The largest absolute Gasteiger partial charge is 0.480 e. The van der Waals surface area contributed by atoms with Gasteiger partial charge in [-0.3, -0.25) is 9.59 Å². The molecule has 1 rings (SSSR count). The molecular weight excluding hydrogens is 296 g/mol. The first-order valence-electron chi connectivity index (χ1n) is 6.00. The zero-order chi connectivity index (χ0) is 16.0. The van der Waals surface area contributed by atoms with Gasteiger partial charge in [0.05, 0.1) is 4.90 Å². The third-order valence-electron chi connectivity index (χ3n) is 2.65. The number of aliphatic carboxylic acids is 1. The molecular formula is C13H16N2O5S. The number of nitrogens with one attached hydrogen (secondary N) is 2. The molecule has 0 radical (unpaired) electrons. The number of benzene rings is 1. The quantitative estimate of drug-likeness (QED) is 0.629. The molecule has 0 aliphatic carbocycles. The Balaban J connectivity index is 2.99. The van der Waals surface area contributed by atoms with Gasteiger partial charge < -0.3 is 10.4 Å². The maximum Gasteiger partial charge on any atom is 0.322 e. The fourth-order valence-corrected chi connectivity index (χ4v) is 2.75. The Bertz CT molecular complexity index is 637. The van der Waals surface area contributed by atoms with Gasteiger partial charge in [0.1, 0.15) is 6.04 Å². The summed E-state index contributed by atoms with van der Waals surface area (Å²) < 4.78 is 26.2. The smallest absolute Gasteiger partial charge is 0.322 e. The average molecular weight is 312 g/mol. The number of carbonyl (C=O) groups excluding carboxylic acids is 1. The van der Waals surface area contributed by atoms with E-state index in [4.69, 9.17) is 5.11 Å². The lowest BCUT2D eigenvalue weighted by atomic mass is 10.2. The van der Waals surface area contributed by atoms with Crippen molar-refractivity contribution in [3.8, 4) is 0 Å². The van der Waals surface area contributed by atoms with Gasteiger partial charge in [-0.1, -0.05) is 6.08 Å². The van der Waals surface area contributed by atoms with Gasteiger partial charge in [0.2, 0.25) is 10.0 Å². The molecule has 0 saturated heterocycles. The minimum atomic E-state index is -3.99. The molecule has 1 atom stereocenters. The highest BCUT2D eigenvalue weighted by Gasteiger charge is 2.24. The predicted octanol–water partition coefficient (Wildman–Crippen LogP) is 0.354. The van der Waals surface area contributed by atoms with Crippen molar-refractivity contribution in [2.75, 3.05) is 7.05 Å². The second-order valence-electron chi connectivity index (χ2n) is 4.14. The van der Waals surface area contributed by atoms with Crippen molar-refractivity contribution in [3.05, 3.63) is 42.5 Å². The molecule has 1 aromatic rings. The first kappa shape index (κ1) is 16.9. The highest BCUT2D eigenvalue weighted by atomic mass is 32.2. The van der Waals surface area contributed by atoms with Gasteiger partial charge in [0.25, 0.3) is 5.91 Å². The van der Waals surface area contributed by atoms with Gasteiger partial charge in [0, 0.05) is 12.6 Å². The minimum absolute atomic E-state index is 0.0368. The van der Waals surface area contributed by atoms with Gasteiger partial charge in [0.15, 0.2) is 0 Å². The van der Waals surface area contributed by atoms with E-state index >= 15 is 0 Å². The van der Waals surface area contributed by atoms with Crippen LogP contribution >= 0.6 is 0 Å². The highest BCUT2D eigenvalue weighted by molar-refractivity contribution is 7.89. The number of rotatable bonds is 7. The Morgan fingerprint density at radius 3 is 2.33 bits per heavy atom. The summed E-state index contributed by atoms with van der Waals surface area (Å²) in [5, 5.41) is 11.3. The first-order valence-corrected chi connectivity index (χ1v) is 7.48. The molecule has 21 heavy (non-hydrogen) atoms. The number of carbonyl (C=O) groups is 2. The SMILES string of the molecule is C=CCC(NS(=O)(=O)c1ccc(C(=O)NC)cc1)C(=O)O. The molecule has 0 aromatic heterocycles. The standard InChI is InChI=1S/C13H16N2O5S/c1-3-4-11(13(17)18)15-21(19,20)10-7-5-9(6-8-10)12(16)14-2/h3,5-8,11,15H,1,4H2,2H3,(H,14,16)(H,17,18). The summed E-state index contributed by atoms with van der Waals surface area (Å²) in [6.07, 6.45) is 1.28. The van der Waals surface area contributed by atoms with E-state index < -0.39 is 22.0 Å². The van der Waals surface area contributed by atoms with Crippen molar-refractivity contribution in [2.24, 2.45) is 0 Å². The van der Waals surface area contributed by atoms with E-state index in [1.165, 1.54) is 37.4 Å². The van der Waals surface area contributed by atoms with Gasteiger partial charge >= 0.3 is 5.97 Å². The molecule has 0 fully saturated rings. The number of hydrogen-bond acceptors (Lipinski definition) is 4. The number of hydrogen-bond donors (Lipinski definition) is 3. The molecule has 114 valence electrons. The molecule has 0 saturated carbocycles. The normalized spacial score (nSPS) is 12.4. The minimum Gasteiger partial charge on any atom is -0.480 e. The van der Waals surface area contributed by atoms with Crippen LogP contribution in [0.3, 0.4) is 0 Å². The summed E-state index contributed by atoms with van der Waals surface area (Å²) in [7, 11) is -2.53. The lowest BCUT2D eigenvalue weighted by Crippen LogP contribution is -2.40. The molecule has 8 heteroatoms. The van der Waals surface area contributed by atoms with Crippen molar-refractivity contribution in [2.45, 2.75) is 17.4 Å². The fourth-order valence-electron chi connectivity index (χ4n) is 1.55. The molecule has 0 aliphatic rings. The zero-order valence-electron chi connectivity index (χ0n) is 11.4. The Hall–Kier alpha value is -2.19. The van der Waals surface area contributed by atoms with Crippen LogP contribution in [0.4, 0.5) is 0 Å². The first-order chi connectivity index (χ1) is 9.81.